The first-order valence-corrected chi connectivity index (χ1v) is 9.31. The number of halogens is 1. The summed E-state index contributed by atoms with van der Waals surface area (Å²) in [4.78, 5) is 13.8. The van der Waals surface area contributed by atoms with Crippen molar-refractivity contribution in [2.45, 2.75) is 65.8 Å². The standard InChI is InChI=1S/C20H32N2O3.ClH/c1-5-6-17-11-22(12-19(17)21-15(4)24)10-16-7-8-20(25-14(2)3)18(9-16)13-23;/h7-9,14,17,19,23H,5-6,10-13H2,1-4H3,(H,21,24);1H/t17-,19-;/m0./s1. The van der Waals surface area contributed by atoms with Gasteiger partial charge in [0.2, 0.25) is 5.91 Å². The Morgan fingerprint density at radius 2 is 2.12 bits per heavy atom. The zero-order chi connectivity index (χ0) is 18.4. The summed E-state index contributed by atoms with van der Waals surface area (Å²) in [5.74, 6) is 1.31. The highest BCUT2D eigenvalue weighted by molar-refractivity contribution is 5.85. The molecule has 0 radical (unpaired) electrons. The number of hydrogen-bond donors (Lipinski definition) is 2. The highest BCUT2D eigenvalue weighted by atomic mass is 35.5. The van der Waals surface area contributed by atoms with Crippen molar-refractivity contribution >= 4 is 18.3 Å². The highest BCUT2D eigenvalue weighted by Crippen LogP contribution is 2.26. The van der Waals surface area contributed by atoms with Crippen LogP contribution in [-0.2, 0) is 17.9 Å². The van der Waals surface area contributed by atoms with Crippen LogP contribution in [0.4, 0.5) is 0 Å². The number of benzene rings is 1. The summed E-state index contributed by atoms with van der Waals surface area (Å²) in [5.41, 5.74) is 1.99. The molecule has 2 rings (SSSR count). The maximum Gasteiger partial charge on any atom is 0.217 e. The monoisotopic (exact) mass is 384 g/mol. The molecule has 0 aliphatic carbocycles. The molecule has 1 aliphatic rings. The summed E-state index contributed by atoms with van der Waals surface area (Å²) in [7, 11) is 0. The van der Waals surface area contributed by atoms with E-state index in [2.05, 4.69) is 23.2 Å². The molecule has 1 aromatic carbocycles. The maximum absolute atomic E-state index is 11.5. The van der Waals surface area contributed by atoms with Crippen LogP contribution in [0.15, 0.2) is 18.2 Å². The average molecular weight is 385 g/mol. The van der Waals surface area contributed by atoms with Crippen LogP contribution < -0.4 is 10.1 Å². The molecule has 26 heavy (non-hydrogen) atoms. The fourth-order valence-corrected chi connectivity index (χ4v) is 3.66. The number of rotatable bonds is 8. The van der Waals surface area contributed by atoms with Gasteiger partial charge in [0.05, 0.1) is 12.7 Å². The lowest BCUT2D eigenvalue weighted by Gasteiger charge is -2.18. The number of aliphatic hydroxyl groups excluding tert-OH is 1. The summed E-state index contributed by atoms with van der Waals surface area (Å²) in [6.45, 7) is 10.4. The van der Waals surface area contributed by atoms with E-state index < -0.39 is 0 Å². The van der Waals surface area contributed by atoms with E-state index in [0.29, 0.717) is 5.92 Å². The van der Waals surface area contributed by atoms with E-state index in [1.54, 1.807) is 6.92 Å². The highest BCUT2D eigenvalue weighted by Gasteiger charge is 2.32. The van der Waals surface area contributed by atoms with Crippen LogP contribution in [0.3, 0.4) is 0 Å². The van der Waals surface area contributed by atoms with Crippen molar-refractivity contribution in [1.29, 1.82) is 0 Å². The Morgan fingerprint density at radius 1 is 1.38 bits per heavy atom. The molecular weight excluding hydrogens is 352 g/mol. The Morgan fingerprint density at radius 3 is 2.69 bits per heavy atom. The van der Waals surface area contributed by atoms with Crippen LogP contribution in [0.25, 0.3) is 0 Å². The molecule has 5 nitrogen and oxygen atoms in total. The number of nitrogens with zero attached hydrogens (tertiary/aromatic N) is 1. The molecule has 148 valence electrons. The minimum Gasteiger partial charge on any atom is -0.491 e. The van der Waals surface area contributed by atoms with Gasteiger partial charge in [-0.2, -0.15) is 0 Å². The Balaban J connectivity index is 0.00000338. The Labute approximate surface area is 163 Å². The molecule has 2 N–H and O–H groups in total. The zero-order valence-corrected chi connectivity index (χ0v) is 17.1. The summed E-state index contributed by atoms with van der Waals surface area (Å²) in [5, 5.41) is 12.7. The van der Waals surface area contributed by atoms with E-state index in [1.807, 2.05) is 26.0 Å². The fourth-order valence-electron chi connectivity index (χ4n) is 3.66. The molecule has 0 saturated carbocycles. The molecule has 1 saturated heterocycles. The van der Waals surface area contributed by atoms with Crippen LogP contribution in [0.5, 0.6) is 5.75 Å². The van der Waals surface area contributed by atoms with Gasteiger partial charge in [0.25, 0.3) is 0 Å². The summed E-state index contributed by atoms with van der Waals surface area (Å²) in [6.07, 6.45) is 2.34. The number of amides is 1. The number of likely N-dealkylation sites (tertiary alicyclic amines) is 1. The summed E-state index contributed by atoms with van der Waals surface area (Å²) < 4.78 is 5.75. The second-order valence-electron chi connectivity index (χ2n) is 7.32. The van der Waals surface area contributed by atoms with Crippen LogP contribution in [-0.4, -0.2) is 41.1 Å². The SMILES string of the molecule is CCC[C@H]1CN(Cc2ccc(OC(C)C)c(CO)c2)C[C@@H]1NC(C)=O.Cl. The van der Waals surface area contributed by atoms with Gasteiger partial charge in [0, 0.05) is 38.2 Å². The first-order valence-electron chi connectivity index (χ1n) is 9.31. The van der Waals surface area contributed by atoms with Gasteiger partial charge < -0.3 is 15.2 Å². The van der Waals surface area contributed by atoms with Crippen molar-refractivity contribution in [3.8, 4) is 5.75 Å². The van der Waals surface area contributed by atoms with Gasteiger partial charge in [-0.3, -0.25) is 9.69 Å². The van der Waals surface area contributed by atoms with E-state index in [4.69, 9.17) is 4.74 Å². The molecule has 1 aromatic rings. The molecule has 0 spiro atoms. The van der Waals surface area contributed by atoms with Crippen molar-refractivity contribution in [1.82, 2.24) is 10.2 Å². The number of carbonyl (C=O) groups excluding carboxylic acids is 1. The van der Waals surface area contributed by atoms with Gasteiger partial charge in [-0.1, -0.05) is 19.4 Å². The van der Waals surface area contributed by atoms with Crippen molar-refractivity contribution in [3.63, 3.8) is 0 Å². The van der Waals surface area contributed by atoms with E-state index in [9.17, 15) is 9.90 Å². The average Bonchev–Trinajstić information content (AvgIpc) is 2.89. The van der Waals surface area contributed by atoms with Crippen LogP contribution >= 0.6 is 12.4 Å². The van der Waals surface area contributed by atoms with Gasteiger partial charge in [0.15, 0.2) is 0 Å². The first kappa shape index (κ1) is 22.7. The van der Waals surface area contributed by atoms with Crippen molar-refractivity contribution < 1.29 is 14.6 Å². The predicted octanol–water partition coefficient (Wildman–Crippen LogP) is 3.12. The molecule has 0 bridgehead atoms. The fraction of sp³-hybridized carbons (Fsp3) is 0.650. The number of nitrogens with one attached hydrogen (secondary N) is 1. The summed E-state index contributed by atoms with van der Waals surface area (Å²) in [6, 6.07) is 6.28. The molecule has 0 unspecified atom stereocenters. The van der Waals surface area contributed by atoms with E-state index in [-0.39, 0.29) is 37.1 Å². The minimum atomic E-state index is -0.0249. The van der Waals surface area contributed by atoms with E-state index >= 15 is 0 Å². The minimum absolute atomic E-state index is 0. The lowest BCUT2D eigenvalue weighted by atomic mass is 9.98. The molecule has 1 heterocycles. The van der Waals surface area contributed by atoms with Gasteiger partial charge >= 0.3 is 0 Å². The third-order valence-corrected chi connectivity index (χ3v) is 4.63. The largest absolute Gasteiger partial charge is 0.491 e. The third kappa shape index (κ3) is 6.45. The van der Waals surface area contributed by atoms with Crippen LogP contribution in [0, 0.1) is 5.92 Å². The molecule has 6 heteroatoms. The lowest BCUT2D eigenvalue weighted by molar-refractivity contribution is -0.119. The number of carbonyl (C=O) groups is 1. The maximum atomic E-state index is 11.5. The van der Waals surface area contributed by atoms with Crippen molar-refractivity contribution in [2.75, 3.05) is 13.1 Å². The number of hydrogen-bond acceptors (Lipinski definition) is 4. The van der Waals surface area contributed by atoms with Crippen molar-refractivity contribution in [3.05, 3.63) is 29.3 Å². The second-order valence-corrected chi connectivity index (χ2v) is 7.32. The lowest BCUT2D eigenvalue weighted by Crippen LogP contribution is -2.39. The van der Waals surface area contributed by atoms with Crippen LogP contribution in [0.1, 0.15) is 51.7 Å². The van der Waals surface area contributed by atoms with Crippen LogP contribution in [0.2, 0.25) is 0 Å². The van der Waals surface area contributed by atoms with Gasteiger partial charge in [-0.15, -0.1) is 12.4 Å². The number of ether oxygens (including phenoxy) is 1. The molecule has 1 fully saturated rings. The number of aliphatic hydroxyl groups is 1. The van der Waals surface area contributed by atoms with Gasteiger partial charge in [-0.25, -0.2) is 0 Å². The topological polar surface area (TPSA) is 61.8 Å². The quantitative estimate of drug-likeness (QED) is 0.722. The smallest absolute Gasteiger partial charge is 0.217 e. The zero-order valence-electron chi connectivity index (χ0n) is 16.3. The van der Waals surface area contributed by atoms with Gasteiger partial charge in [0.1, 0.15) is 5.75 Å². The molecule has 2 atom stereocenters. The van der Waals surface area contributed by atoms with Crippen molar-refractivity contribution in [2.24, 2.45) is 5.92 Å². The van der Waals surface area contributed by atoms with E-state index in [1.165, 1.54) is 5.56 Å². The molecule has 1 aliphatic heterocycles. The summed E-state index contributed by atoms with van der Waals surface area (Å²) >= 11 is 0. The molecular formula is C20H33ClN2O3. The molecule has 0 aromatic heterocycles. The van der Waals surface area contributed by atoms with Gasteiger partial charge in [-0.05, 0) is 43.9 Å². The predicted molar refractivity (Wildman–Crippen MR) is 107 cm³/mol. The Bertz CT molecular complexity index is 580. The second kappa shape index (κ2) is 10.8. The molecule has 1 amide bonds. The van der Waals surface area contributed by atoms with E-state index in [0.717, 1.165) is 43.8 Å². The Kier molecular flexibility index (Phi) is 9.41. The first-order chi connectivity index (χ1) is 11.9. The Hall–Kier alpha value is -1.30. The third-order valence-electron chi connectivity index (χ3n) is 4.63. The normalized spacial score (nSPS) is 20.1.